The maximum atomic E-state index is 12.7. The lowest BCUT2D eigenvalue weighted by Gasteiger charge is -2.22. The van der Waals surface area contributed by atoms with E-state index in [9.17, 15) is 14.4 Å². The van der Waals surface area contributed by atoms with Gasteiger partial charge in [0, 0.05) is 5.56 Å². The van der Waals surface area contributed by atoms with Crippen LogP contribution in [0.4, 0.5) is 5.69 Å². The number of fused-ring (bicyclic) bond motifs is 1. The topological polar surface area (TPSA) is 81.7 Å². The third-order valence-electron chi connectivity index (χ3n) is 4.91. The first-order valence-electron chi connectivity index (χ1n) is 9.31. The Morgan fingerprint density at radius 1 is 1.18 bits per heavy atom. The van der Waals surface area contributed by atoms with Gasteiger partial charge in [0.25, 0.3) is 5.91 Å². The Bertz CT molecular complexity index is 878. The van der Waals surface area contributed by atoms with Crippen LogP contribution in [-0.4, -0.2) is 30.9 Å². The molecule has 0 unspecified atom stereocenters. The second kappa shape index (κ2) is 8.69. The van der Waals surface area contributed by atoms with Crippen molar-refractivity contribution in [2.24, 2.45) is 5.92 Å². The lowest BCUT2D eigenvalue weighted by Crippen LogP contribution is -2.26. The van der Waals surface area contributed by atoms with E-state index in [0.29, 0.717) is 17.0 Å². The van der Waals surface area contributed by atoms with Crippen LogP contribution in [0.5, 0.6) is 5.75 Å². The van der Waals surface area contributed by atoms with Gasteiger partial charge in [-0.2, -0.15) is 0 Å². The smallest absolute Gasteiger partial charge is 0.314 e. The van der Waals surface area contributed by atoms with Gasteiger partial charge in [0.1, 0.15) is 5.75 Å². The van der Waals surface area contributed by atoms with E-state index >= 15 is 0 Å². The van der Waals surface area contributed by atoms with Gasteiger partial charge in [-0.25, -0.2) is 0 Å². The van der Waals surface area contributed by atoms with Crippen molar-refractivity contribution in [1.29, 1.82) is 0 Å². The highest BCUT2D eigenvalue weighted by atomic mass is 16.5. The second-order valence-electron chi connectivity index (χ2n) is 6.85. The van der Waals surface area contributed by atoms with Gasteiger partial charge in [-0.3, -0.25) is 14.4 Å². The van der Waals surface area contributed by atoms with Crippen molar-refractivity contribution in [3.63, 3.8) is 0 Å². The Labute approximate surface area is 163 Å². The van der Waals surface area contributed by atoms with Crippen molar-refractivity contribution in [1.82, 2.24) is 0 Å². The summed E-state index contributed by atoms with van der Waals surface area (Å²) >= 11 is 0. The molecular formula is C22H23NO5. The summed E-state index contributed by atoms with van der Waals surface area (Å²) in [4.78, 5) is 36.6. The summed E-state index contributed by atoms with van der Waals surface area (Å²) in [5.41, 5.74) is 1.66. The van der Waals surface area contributed by atoms with Crippen molar-refractivity contribution >= 4 is 23.3 Å². The van der Waals surface area contributed by atoms with Crippen LogP contribution >= 0.6 is 0 Å². The van der Waals surface area contributed by atoms with Crippen molar-refractivity contribution in [3.8, 4) is 5.75 Å². The minimum absolute atomic E-state index is 0.0472. The molecule has 1 aliphatic heterocycles. The normalized spacial score (nSPS) is 14.9. The monoisotopic (exact) mass is 381 g/mol. The number of hydrogen-bond acceptors (Lipinski definition) is 5. The third kappa shape index (κ3) is 4.39. The molecule has 0 aromatic heterocycles. The quantitative estimate of drug-likeness (QED) is 0.586. The van der Waals surface area contributed by atoms with E-state index < -0.39 is 11.9 Å². The van der Waals surface area contributed by atoms with E-state index in [1.807, 2.05) is 44.2 Å². The van der Waals surface area contributed by atoms with E-state index in [1.165, 1.54) is 6.07 Å². The number of ketones is 1. The van der Waals surface area contributed by atoms with Crippen LogP contribution in [0.1, 0.15) is 42.1 Å². The molecule has 2 aromatic rings. The SMILES string of the molecule is CC[C@@H](C)[C@@H](C(=O)OCC(=O)c1ccc2c(c1)NC(=O)CO2)c1ccccc1. The molecule has 3 rings (SSSR count). The van der Waals surface area contributed by atoms with E-state index in [4.69, 9.17) is 9.47 Å². The molecule has 146 valence electrons. The molecule has 0 spiro atoms. The highest BCUT2D eigenvalue weighted by Crippen LogP contribution is 2.30. The maximum absolute atomic E-state index is 12.7. The van der Waals surface area contributed by atoms with Crippen molar-refractivity contribution in [2.45, 2.75) is 26.2 Å². The van der Waals surface area contributed by atoms with Crippen LogP contribution < -0.4 is 10.1 Å². The highest BCUT2D eigenvalue weighted by molar-refractivity contribution is 6.01. The van der Waals surface area contributed by atoms with Crippen LogP contribution in [0.2, 0.25) is 0 Å². The van der Waals surface area contributed by atoms with Crippen LogP contribution in [0.15, 0.2) is 48.5 Å². The fraction of sp³-hybridized carbons (Fsp3) is 0.318. The van der Waals surface area contributed by atoms with E-state index in [2.05, 4.69) is 5.32 Å². The molecule has 2 atom stereocenters. The Morgan fingerprint density at radius 2 is 1.93 bits per heavy atom. The molecule has 1 heterocycles. The van der Waals surface area contributed by atoms with Crippen molar-refractivity contribution in [3.05, 3.63) is 59.7 Å². The molecule has 0 bridgehead atoms. The largest absolute Gasteiger partial charge is 0.482 e. The number of anilines is 1. The highest BCUT2D eigenvalue weighted by Gasteiger charge is 2.28. The van der Waals surface area contributed by atoms with Crippen LogP contribution in [-0.2, 0) is 14.3 Å². The summed E-state index contributed by atoms with van der Waals surface area (Å²) in [5.74, 6) is -0.858. The second-order valence-corrected chi connectivity index (χ2v) is 6.85. The number of amides is 1. The zero-order valence-corrected chi connectivity index (χ0v) is 15.9. The number of nitrogens with one attached hydrogen (secondary N) is 1. The van der Waals surface area contributed by atoms with E-state index in [0.717, 1.165) is 12.0 Å². The molecule has 0 saturated carbocycles. The van der Waals surface area contributed by atoms with Crippen molar-refractivity contribution < 1.29 is 23.9 Å². The van der Waals surface area contributed by atoms with Crippen molar-refractivity contribution in [2.75, 3.05) is 18.5 Å². The molecule has 0 fully saturated rings. The number of ether oxygens (including phenoxy) is 2. The third-order valence-corrected chi connectivity index (χ3v) is 4.91. The number of rotatable bonds is 7. The van der Waals surface area contributed by atoms with Crippen LogP contribution in [0, 0.1) is 5.92 Å². The predicted octanol–water partition coefficient (Wildman–Crippen LogP) is 3.57. The molecule has 6 heteroatoms. The zero-order valence-electron chi connectivity index (χ0n) is 15.9. The molecule has 1 N–H and O–H groups in total. The summed E-state index contributed by atoms with van der Waals surface area (Å²) in [6.45, 7) is 3.61. The van der Waals surface area contributed by atoms with E-state index in [-0.39, 0.29) is 30.8 Å². The first kappa shape index (κ1) is 19.6. The minimum atomic E-state index is -0.421. The number of esters is 1. The first-order chi connectivity index (χ1) is 13.5. The van der Waals surface area contributed by atoms with Gasteiger partial charge in [-0.1, -0.05) is 50.6 Å². The predicted molar refractivity (Wildman–Crippen MR) is 104 cm³/mol. The van der Waals surface area contributed by atoms with E-state index in [1.54, 1.807) is 12.1 Å². The van der Waals surface area contributed by atoms with Gasteiger partial charge in [-0.05, 0) is 29.7 Å². The number of Topliss-reactive ketones (excluding diaryl/α,β-unsaturated/α-hetero) is 1. The summed E-state index contributed by atoms with van der Waals surface area (Å²) in [7, 11) is 0. The Hall–Kier alpha value is -3.15. The van der Waals surface area contributed by atoms with Gasteiger partial charge in [-0.15, -0.1) is 0 Å². The maximum Gasteiger partial charge on any atom is 0.314 e. The van der Waals surface area contributed by atoms with Gasteiger partial charge in [0.15, 0.2) is 19.0 Å². The zero-order chi connectivity index (χ0) is 20.1. The standard InChI is InChI=1S/C22H23NO5/c1-3-14(2)21(15-7-5-4-6-8-15)22(26)28-12-18(24)16-9-10-19-17(11-16)23-20(25)13-27-19/h4-11,14,21H,3,12-13H2,1-2H3,(H,23,25)/t14-,21-/m1/s1. The fourth-order valence-corrected chi connectivity index (χ4v) is 3.16. The van der Waals surface area contributed by atoms with Gasteiger partial charge < -0.3 is 14.8 Å². The number of carbonyl (C=O) groups excluding carboxylic acids is 3. The molecule has 1 amide bonds. The van der Waals surface area contributed by atoms with Gasteiger partial charge in [0.2, 0.25) is 0 Å². The molecule has 0 saturated heterocycles. The number of benzene rings is 2. The average molecular weight is 381 g/mol. The first-order valence-corrected chi connectivity index (χ1v) is 9.31. The molecule has 1 aliphatic rings. The summed E-state index contributed by atoms with van der Waals surface area (Å²) in [5, 5.41) is 2.66. The summed E-state index contributed by atoms with van der Waals surface area (Å²) in [6.07, 6.45) is 0.813. The molecule has 6 nitrogen and oxygen atoms in total. The fourth-order valence-electron chi connectivity index (χ4n) is 3.16. The van der Waals surface area contributed by atoms with Crippen LogP contribution in [0.3, 0.4) is 0 Å². The number of carbonyl (C=O) groups is 3. The molecule has 28 heavy (non-hydrogen) atoms. The lowest BCUT2D eigenvalue weighted by atomic mass is 9.85. The Kier molecular flexibility index (Phi) is 6.09. The molecular weight excluding hydrogens is 358 g/mol. The van der Waals surface area contributed by atoms with Gasteiger partial charge >= 0.3 is 5.97 Å². The van der Waals surface area contributed by atoms with Gasteiger partial charge in [0.05, 0.1) is 11.6 Å². The molecule has 2 aromatic carbocycles. The Morgan fingerprint density at radius 3 is 2.64 bits per heavy atom. The summed E-state index contributed by atoms with van der Waals surface area (Å²) in [6, 6.07) is 14.2. The minimum Gasteiger partial charge on any atom is -0.482 e. The van der Waals surface area contributed by atoms with Crippen LogP contribution in [0.25, 0.3) is 0 Å². The Balaban J connectivity index is 1.68. The number of hydrogen-bond donors (Lipinski definition) is 1. The average Bonchev–Trinajstić information content (AvgIpc) is 2.72. The molecule has 0 radical (unpaired) electrons. The summed E-state index contributed by atoms with van der Waals surface area (Å²) < 4.78 is 10.6. The molecule has 0 aliphatic carbocycles. The lowest BCUT2D eigenvalue weighted by molar-refractivity contribution is -0.145.